The molecule has 0 fully saturated rings. The molecule has 0 heterocycles. The van der Waals surface area contributed by atoms with E-state index in [1.807, 2.05) is 13.0 Å². The number of carbonyl (C=O) groups is 1. The van der Waals surface area contributed by atoms with Crippen LogP contribution in [0, 0.1) is 0 Å². The highest BCUT2D eigenvalue weighted by atomic mass is 16.5. The number of rotatable bonds is 3. The van der Waals surface area contributed by atoms with Gasteiger partial charge in [0.1, 0.15) is 5.75 Å². The maximum absolute atomic E-state index is 11.7. The number of carbonyl (C=O) groups excluding carboxylic acids is 1. The number of benzene rings is 1. The first-order valence-electron chi connectivity index (χ1n) is 5.26. The molecule has 4 N–H and O–H groups in total. The molecule has 0 aromatic heterocycles. The Morgan fingerprint density at radius 1 is 1.41 bits per heavy atom. The van der Waals surface area contributed by atoms with E-state index in [1.54, 1.807) is 19.2 Å². The van der Waals surface area contributed by atoms with Gasteiger partial charge in [-0.15, -0.1) is 0 Å². The van der Waals surface area contributed by atoms with Crippen molar-refractivity contribution in [2.24, 2.45) is 11.7 Å². The van der Waals surface area contributed by atoms with E-state index in [2.05, 4.69) is 0 Å². The highest BCUT2D eigenvalue weighted by Crippen LogP contribution is 2.28. The van der Waals surface area contributed by atoms with E-state index < -0.39 is 6.03 Å². The molecule has 6 nitrogen and oxygen atoms in total. The van der Waals surface area contributed by atoms with Gasteiger partial charge < -0.3 is 4.74 Å². The Morgan fingerprint density at radius 2 is 2.06 bits per heavy atom. The van der Waals surface area contributed by atoms with Crippen LogP contribution >= 0.6 is 0 Å². The zero-order valence-electron chi connectivity index (χ0n) is 10.3. The standard InChI is InChI=1S/C11H18N4O2/c1-4-8-9(6-5-7-10(8)17-3)15(13)11(16)14(2)12/h5-7H,4,12-13H2,1-3H3. The van der Waals surface area contributed by atoms with Gasteiger partial charge in [-0.2, -0.15) is 0 Å². The first-order chi connectivity index (χ1) is 8.02. The number of urea groups is 1. The quantitative estimate of drug-likeness (QED) is 0.464. The Balaban J connectivity index is 3.17. The first-order valence-corrected chi connectivity index (χ1v) is 5.26. The number of ether oxygens (including phenoxy) is 1. The zero-order chi connectivity index (χ0) is 13.0. The second kappa shape index (κ2) is 5.51. The summed E-state index contributed by atoms with van der Waals surface area (Å²) in [5, 5.41) is 1.94. The van der Waals surface area contributed by atoms with Gasteiger partial charge in [0, 0.05) is 12.6 Å². The summed E-state index contributed by atoms with van der Waals surface area (Å²) in [5.74, 6) is 11.8. The third-order valence-electron chi connectivity index (χ3n) is 2.45. The molecule has 0 aliphatic heterocycles. The van der Waals surface area contributed by atoms with Crippen LogP contribution in [0.2, 0.25) is 0 Å². The largest absolute Gasteiger partial charge is 0.496 e. The minimum Gasteiger partial charge on any atom is -0.496 e. The summed E-state index contributed by atoms with van der Waals surface area (Å²) >= 11 is 0. The molecule has 1 rings (SSSR count). The fourth-order valence-electron chi connectivity index (χ4n) is 1.60. The molecule has 1 aromatic carbocycles. The summed E-state index contributed by atoms with van der Waals surface area (Å²) in [5.41, 5.74) is 1.46. The molecule has 0 radical (unpaired) electrons. The summed E-state index contributed by atoms with van der Waals surface area (Å²) in [6, 6.07) is 4.86. The Bertz CT molecular complexity index is 406. The third-order valence-corrected chi connectivity index (χ3v) is 2.45. The van der Waals surface area contributed by atoms with E-state index >= 15 is 0 Å². The van der Waals surface area contributed by atoms with E-state index in [-0.39, 0.29) is 0 Å². The number of amides is 2. The fraction of sp³-hybridized carbons (Fsp3) is 0.364. The van der Waals surface area contributed by atoms with Crippen molar-refractivity contribution in [1.82, 2.24) is 5.01 Å². The van der Waals surface area contributed by atoms with E-state index in [4.69, 9.17) is 16.4 Å². The van der Waals surface area contributed by atoms with Crippen LogP contribution in [0.1, 0.15) is 12.5 Å². The number of hydrazine groups is 2. The van der Waals surface area contributed by atoms with Gasteiger partial charge in [-0.3, -0.25) is 5.01 Å². The Morgan fingerprint density at radius 3 is 2.53 bits per heavy atom. The average Bonchev–Trinajstić information content (AvgIpc) is 2.35. The number of hydrogen-bond donors (Lipinski definition) is 2. The molecule has 0 unspecified atom stereocenters. The predicted octanol–water partition coefficient (Wildman–Crippen LogP) is 0.863. The van der Waals surface area contributed by atoms with Crippen LogP contribution in [0.25, 0.3) is 0 Å². The average molecular weight is 238 g/mol. The summed E-state index contributed by atoms with van der Waals surface area (Å²) in [4.78, 5) is 11.7. The first kappa shape index (κ1) is 13.3. The van der Waals surface area contributed by atoms with E-state index in [1.165, 1.54) is 7.05 Å². The molecule has 94 valence electrons. The summed E-state index contributed by atoms with van der Waals surface area (Å²) in [6.07, 6.45) is 0.703. The highest BCUT2D eigenvalue weighted by Gasteiger charge is 2.18. The Labute approximate surface area is 101 Å². The van der Waals surface area contributed by atoms with Gasteiger partial charge >= 0.3 is 6.03 Å². The molecule has 6 heteroatoms. The van der Waals surface area contributed by atoms with Crippen molar-refractivity contribution in [3.63, 3.8) is 0 Å². The van der Waals surface area contributed by atoms with Crippen LogP contribution in [0.4, 0.5) is 10.5 Å². The molecular formula is C11H18N4O2. The third kappa shape index (κ3) is 2.66. The van der Waals surface area contributed by atoms with Gasteiger partial charge in [0.2, 0.25) is 0 Å². The van der Waals surface area contributed by atoms with Crippen LogP contribution in [-0.4, -0.2) is 25.2 Å². The maximum atomic E-state index is 11.7. The molecule has 17 heavy (non-hydrogen) atoms. The number of nitrogens with two attached hydrogens (primary N) is 2. The van der Waals surface area contributed by atoms with Crippen molar-refractivity contribution in [2.75, 3.05) is 19.2 Å². The van der Waals surface area contributed by atoms with E-state index in [9.17, 15) is 4.79 Å². The minimum atomic E-state index is -0.493. The molecule has 1 aromatic rings. The molecule has 0 atom stereocenters. The van der Waals surface area contributed by atoms with Gasteiger partial charge in [-0.25, -0.2) is 21.5 Å². The second-order valence-electron chi connectivity index (χ2n) is 3.57. The van der Waals surface area contributed by atoms with Crippen LogP contribution in [0.5, 0.6) is 5.75 Å². The molecule has 0 aliphatic rings. The van der Waals surface area contributed by atoms with Gasteiger partial charge in [-0.05, 0) is 18.6 Å². The van der Waals surface area contributed by atoms with Crippen molar-refractivity contribution in [1.29, 1.82) is 0 Å². The molecule has 2 amide bonds. The summed E-state index contributed by atoms with van der Waals surface area (Å²) in [7, 11) is 3.02. The van der Waals surface area contributed by atoms with Crippen LogP contribution in [-0.2, 0) is 6.42 Å². The Hall–Kier alpha value is -1.79. The highest BCUT2D eigenvalue weighted by molar-refractivity contribution is 5.91. The lowest BCUT2D eigenvalue weighted by Gasteiger charge is -2.23. The smallest absolute Gasteiger partial charge is 0.352 e. The van der Waals surface area contributed by atoms with Crippen LogP contribution < -0.4 is 21.4 Å². The van der Waals surface area contributed by atoms with Gasteiger partial charge in [-0.1, -0.05) is 13.0 Å². The SMILES string of the molecule is CCc1c(OC)cccc1N(N)C(=O)N(C)N. The maximum Gasteiger partial charge on any atom is 0.352 e. The van der Waals surface area contributed by atoms with Crippen molar-refractivity contribution >= 4 is 11.7 Å². The second-order valence-corrected chi connectivity index (χ2v) is 3.57. The molecular weight excluding hydrogens is 220 g/mol. The van der Waals surface area contributed by atoms with Crippen LogP contribution in [0.15, 0.2) is 18.2 Å². The van der Waals surface area contributed by atoms with Crippen LogP contribution in [0.3, 0.4) is 0 Å². The fourth-order valence-corrected chi connectivity index (χ4v) is 1.60. The topological polar surface area (TPSA) is 84.8 Å². The lowest BCUT2D eigenvalue weighted by Crippen LogP contribution is -2.48. The minimum absolute atomic E-state index is 0.493. The van der Waals surface area contributed by atoms with Crippen molar-refractivity contribution in [3.8, 4) is 5.75 Å². The number of hydrogen-bond acceptors (Lipinski definition) is 4. The lowest BCUT2D eigenvalue weighted by atomic mass is 10.1. The summed E-state index contributed by atoms with van der Waals surface area (Å²) < 4.78 is 5.23. The number of nitrogens with zero attached hydrogens (tertiary/aromatic N) is 2. The van der Waals surface area contributed by atoms with Crippen molar-refractivity contribution in [2.45, 2.75) is 13.3 Å². The molecule has 0 bridgehead atoms. The van der Waals surface area contributed by atoms with Crippen molar-refractivity contribution < 1.29 is 9.53 Å². The van der Waals surface area contributed by atoms with E-state index in [0.717, 1.165) is 15.6 Å². The molecule has 0 spiro atoms. The molecule has 0 saturated heterocycles. The Kier molecular flexibility index (Phi) is 4.30. The molecule has 0 aliphatic carbocycles. The zero-order valence-corrected chi connectivity index (χ0v) is 10.3. The van der Waals surface area contributed by atoms with Crippen molar-refractivity contribution in [3.05, 3.63) is 23.8 Å². The number of methoxy groups -OCH3 is 1. The number of anilines is 1. The molecule has 0 saturated carbocycles. The van der Waals surface area contributed by atoms with E-state index in [0.29, 0.717) is 17.9 Å². The monoisotopic (exact) mass is 238 g/mol. The normalized spacial score (nSPS) is 9.94. The van der Waals surface area contributed by atoms with Gasteiger partial charge in [0.15, 0.2) is 0 Å². The lowest BCUT2D eigenvalue weighted by molar-refractivity contribution is 0.216. The van der Waals surface area contributed by atoms with Gasteiger partial charge in [0.05, 0.1) is 12.8 Å². The summed E-state index contributed by atoms with van der Waals surface area (Å²) in [6.45, 7) is 1.96. The van der Waals surface area contributed by atoms with Gasteiger partial charge in [0.25, 0.3) is 0 Å². The predicted molar refractivity (Wildman–Crippen MR) is 66.4 cm³/mol.